The van der Waals surface area contributed by atoms with E-state index >= 15 is 0 Å². The molecule has 0 unspecified atom stereocenters. The molecule has 2 N–H and O–H groups in total. The third-order valence-electron chi connectivity index (χ3n) is 5.48. The van der Waals surface area contributed by atoms with Gasteiger partial charge in [0.25, 0.3) is 5.91 Å². The summed E-state index contributed by atoms with van der Waals surface area (Å²) in [6, 6.07) is 14.3. The first-order chi connectivity index (χ1) is 14.0. The van der Waals surface area contributed by atoms with Crippen molar-refractivity contribution < 1.29 is 13.2 Å². The Kier molecular flexibility index (Phi) is 5.99. The van der Waals surface area contributed by atoms with Crippen molar-refractivity contribution in [2.75, 3.05) is 13.1 Å². The fourth-order valence-corrected chi connectivity index (χ4v) is 4.92. The Labute approximate surface area is 172 Å². The van der Waals surface area contributed by atoms with Gasteiger partial charge >= 0.3 is 0 Å². The number of benzene rings is 2. The zero-order chi connectivity index (χ0) is 20.3. The van der Waals surface area contributed by atoms with Gasteiger partial charge < -0.3 is 5.32 Å². The monoisotopic (exact) mass is 413 g/mol. The van der Waals surface area contributed by atoms with Crippen LogP contribution < -0.4 is 10.0 Å². The molecule has 4 rings (SSSR count). The fourth-order valence-electron chi connectivity index (χ4n) is 3.62. The minimum Gasteiger partial charge on any atom is -0.348 e. The average molecular weight is 414 g/mol. The number of hydrogen-bond acceptors (Lipinski definition) is 4. The molecule has 1 saturated heterocycles. The Morgan fingerprint density at radius 3 is 2.28 bits per heavy atom. The molecule has 0 aromatic heterocycles. The van der Waals surface area contributed by atoms with E-state index in [1.807, 2.05) is 18.2 Å². The summed E-state index contributed by atoms with van der Waals surface area (Å²) in [5.41, 5.74) is 2.80. The predicted octanol–water partition coefficient (Wildman–Crippen LogP) is 2.65. The number of carbonyl (C=O) groups excluding carboxylic acids is 1. The number of sulfonamides is 1. The Morgan fingerprint density at radius 2 is 1.62 bits per heavy atom. The van der Waals surface area contributed by atoms with Crippen LogP contribution in [0.3, 0.4) is 0 Å². The zero-order valence-corrected chi connectivity index (χ0v) is 17.2. The van der Waals surface area contributed by atoms with Gasteiger partial charge in [0.1, 0.15) is 0 Å². The lowest BCUT2D eigenvalue weighted by molar-refractivity contribution is 0.0950. The van der Waals surface area contributed by atoms with Crippen molar-refractivity contribution in [1.82, 2.24) is 14.9 Å². The fraction of sp³-hybridized carbons (Fsp3) is 0.409. The van der Waals surface area contributed by atoms with E-state index in [0.717, 1.165) is 38.0 Å². The summed E-state index contributed by atoms with van der Waals surface area (Å²) in [5.74, 6) is -0.208. The number of nitrogens with zero attached hydrogens (tertiary/aromatic N) is 1. The first kappa shape index (κ1) is 20.1. The molecule has 0 bridgehead atoms. The Morgan fingerprint density at radius 1 is 0.966 bits per heavy atom. The summed E-state index contributed by atoms with van der Waals surface area (Å²) in [4.78, 5) is 15.2. The Hall–Kier alpha value is -2.22. The molecular weight excluding hydrogens is 386 g/mol. The van der Waals surface area contributed by atoms with Crippen LogP contribution in [0.25, 0.3) is 0 Å². The van der Waals surface area contributed by atoms with Gasteiger partial charge in [0, 0.05) is 24.7 Å². The molecule has 2 fully saturated rings. The first-order valence-electron chi connectivity index (χ1n) is 10.2. The minimum absolute atomic E-state index is 0.0589. The molecule has 1 aliphatic carbocycles. The van der Waals surface area contributed by atoms with Crippen molar-refractivity contribution in [3.05, 3.63) is 65.2 Å². The second-order valence-electron chi connectivity index (χ2n) is 7.85. The van der Waals surface area contributed by atoms with Crippen molar-refractivity contribution in [1.29, 1.82) is 0 Å². The van der Waals surface area contributed by atoms with E-state index in [0.29, 0.717) is 12.1 Å². The number of carbonyl (C=O) groups is 1. The van der Waals surface area contributed by atoms with Gasteiger partial charge in [0.15, 0.2) is 0 Å². The second-order valence-corrected chi connectivity index (χ2v) is 9.57. The van der Waals surface area contributed by atoms with Crippen LogP contribution in [0.5, 0.6) is 0 Å². The van der Waals surface area contributed by atoms with Crippen LogP contribution in [0.4, 0.5) is 0 Å². The zero-order valence-electron chi connectivity index (χ0n) is 16.4. The van der Waals surface area contributed by atoms with Gasteiger partial charge in [-0.2, -0.15) is 0 Å². The molecule has 7 heteroatoms. The molecule has 1 aliphatic heterocycles. The van der Waals surface area contributed by atoms with Crippen LogP contribution in [-0.4, -0.2) is 38.4 Å². The second kappa shape index (κ2) is 8.65. The topological polar surface area (TPSA) is 78.5 Å². The molecule has 154 valence electrons. The summed E-state index contributed by atoms with van der Waals surface area (Å²) in [5, 5.41) is 2.96. The lowest BCUT2D eigenvalue weighted by atomic mass is 10.1. The third-order valence-corrected chi connectivity index (χ3v) is 7.01. The molecular formula is C22H27N3O3S. The lowest BCUT2D eigenvalue weighted by Crippen LogP contribution is -2.26. The molecule has 2 aromatic rings. The van der Waals surface area contributed by atoms with E-state index in [-0.39, 0.29) is 16.8 Å². The van der Waals surface area contributed by atoms with Crippen LogP contribution in [0.2, 0.25) is 0 Å². The van der Waals surface area contributed by atoms with Gasteiger partial charge in [-0.05, 0) is 74.2 Å². The highest BCUT2D eigenvalue weighted by molar-refractivity contribution is 7.89. The molecule has 1 saturated carbocycles. The Balaban J connectivity index is 1.37. The molecule has 29 heavy (non-hydrogen) atoms. The minimum atomic E-state index is -3.50. The van der Waals surface area contributed by atoms with Crippen LogP contribution in [0, 0.1) is 0 Å². The molecule has 1 heterocycles. The quantitative estimate of drug-likeness (QED) is 0.697. The molecule has 2 aromatic carbocycles. The van der Waals surface area contributed by atoms with Gasteiger partial charge in [-0.15, -0.1) is 0 Å². The van der Waals surface area contributed by atoms with E-state index in [1.54, 1.807) is 12.1 Å². The molecule has 6 nitrogen and oxygen atoms in total. The number of likely N-dealkylation sites (tertiary alicyclic amines) is 1. The number of nitrogens with one attached hydrogen (secondary N) is 2. The summed E-state index contributed by atoms with van der Waals surface area (Å²) < 4.78 is 27.1. The Bertz CT molecular complexity index is 963. The largest absolute Gasteiger partial charge is 0.348 e. The van der Waals surface area contributed by atoms with Crippen LogP contribution >= 0.6 is 0 Å². The molecule has 0 spiro atoms. The highest BCUT2D eigenvalue weighted by atomic mass is 32.2. The van der Waals surface area contributed by atoms with Crippen LogP contribution in [0.1, 0.15) is 47.2 Å². The van der Waals surface area contributed by atoms with E-state index in [1.165, 1.54) is 30.5 Å². The van der Waals surface area contributed by atoms with Gasteiger partial charge in [-0.3, -0.25) is 9.69 Å². The maximum Gasteiger partial charge on any atom is 0.251 e. The number of hydrogen-bond donors (Lipinski definition) is 2. The first-order valence-corrected chi connectivity index (χ1v) is 11.7. The number of rotatable bonds is 8. The van der Waals surface area contributed by atoms with Gasteiger partial charge in [-0.1, -0.05) is 24.3 Å². The predicted molar refractivity (Wildman–Crippen MR) is 112 cm³/mol. The highest BCUT2D eigenvalue weighted by Gasteiger charge is 2.28. The van der Waals surface area contributed by atoms with E-state index in [9.17, 15) is 13.2 Å². The number of amides is 1. The van der Waals surface area contributed by atoms with Gasteiger partial charge in [0.2, 0.25) is 10.0 Å². The highest BCUT2D eigenvalue weighted by Crippen LogP contribution is 2.22. The normalized spacial score (nSPS) is 17.4. The van der Waals surface area contributed by atoms with Crippen molar-refractivity contribution in [3.63, 3.8) is 0 Å². The molecule has 1 amide bonds. The van der Waals surface area contributed by atoms with Gasteiger partial charge in [-0.25, -0.2) is 13.1 Å². The van der Waals surface area contributed by atoms with E-state index in [2.05, 4.69) is 21.0 Å². The van der Waals surface area contributed by atoms with E-state index < -0.39 is 10.0 Å². The van der Waals surface area contributed by atoms with Crippen LogP contribution in [0.15, 0.2) is 53.4 Å². The average Bonchev–Trinajstić information content (AvgIpc) is 3.37. The summed E-state index contributed by atoms with van der Waals surface area (Å²) in [6.07, 6.45) is 4.28. The standard InChI is InChI=1S/C22H27N3O3S/c26-22(17-7-11-21(12-8-17)29(27,28)24-20-9-10-20)23-15-18-5-1-2-6-19(18)16-25-13-3-4-14-25/h1-2,5-8,11-12,20,24H,3-4,9-10,13-16H2,(H,23,26). The molecule has 0 radical (unpaired) electrons. The van der Waals surface area contributed by atoms with Crippen molar-refractivity contribution >= 4 is 15.9 Å². The molecule has 0 atom stereocenters. The smallest absolute Gasteiger partial charge is 0.251 e. The van der Waals surface area contributed by atoms with Crippen molar-refractivity contribution in [2.24, 2.45) is 0 Å². The van der Waals surface area contributed by atoms with E-state index in [4.69, 9.17) is 0 Å². The van der Waals surface area contributed by atoms with Crippen LogP contribution in [-0.2, 0) is 23.1 Å². The molecule has 2 aliphatic rings. The summed E-state index contributed by atoms with van der Waals surface area (Å²) in [6.45, 7) is 3.62. The maximum absolute atomic E-state index is 12.5. The van der Waals surface area contributed by atoms with Crippen molar-refractivity contribution in [2.45, 2.75) is 49.7 Å². The third kappa shape index (κ3) is 5.23. The summed E-state index contributed by atoms with van der Waals surface area (Å²) in [7, 11) is -3.50. The lowest BCUT2D eigenvalue weighted by Gasteiger charge is -2.17. The van der Waals surface area contributed by atoms with Gasteiger partial charge in [0.05, 0.1) is 4.90 Å². The summed E-state index contributed by atoms with van der Waals surface area (Å²) >= 11 is 0. The SMILES string of the molecule is O=C(NCc1ccccc1CN1CCCC1)c1ccc(S(=O)(=O)NC2CC2)cc1. The maximum atomic E-state index is 12.5. The van der Waals surface area contributed by atoms with Crippen molar-refractivity contribution in [3.8, 4) is 0 Å².